The van der Waals surface area contributed by atoms with Crippen molar-refractivity contribution < 1.29 is 5.11 Å². The molecule has 0 aromatic carbocycles. The fraction of sp³-hybridized carbons (Fsp3) is 0.500. The van der Waals surface area contributed by atoms with E-state index >= 15 is 0 Å². The van der Waals surface area contributed by atoms with E-state index in [-0.39, 0.29) is 18.7 Å². The first-order chi connectivity index (χ1) is 12.5. The van der Waals surface area contributed by atoms with Crippen LogP contribution in [0.1, 0.15) is 61.0 Å². The number of aliphatic hydroxyl groups is 1. The van der Waals surface area contributed by atoms with E-state index in [4.69, 9.17) is 12.2 Å². The van der Waals surface area contributed by atoms with Crippen LogP contribution in [0.4, 0.5) is 0 Å². The van der Waals surface area contributed by atoms with Gasteiger partial charge in [-0.05, 0) is 70.1 Å². The minimum atomic E-state index is 0.00325. The minimum absolute atomic E-state index is 0.00325. The van der Waals surface area contributed by atoms with Crippen molar-refractivity contribution in [2.75, 3.05) is 13.2 Å². The first-order valence-corrected chi connectivity index (χ1v) is 9.63. The Morgan fingerprint density at radius 1 is 1.31 bits per heavy atom. The van der Waals surface area contributed by atoms with Crippen LogP contribution in [0.15, 0.2) is 30.5 Å². The number of nitrogens with zero attached hydrogens (tertiary/aromatic N) is 3. The highest BCUT2D eigenvalue weighted by atomic mass is 32.1. The zero-order valence-corrected chi connectivity index (χ0v) is 16.8. The lowest BCUT2D eigenvalue weighted by atomic mass is 9.96. The van der Waals surface area contributed by atoms with Crippen LogP contribution in [0.3, 0.4) is 0 Å². The van der Waals surface area contributed by atoms with Crippen LogP contribution < -0.4 is 5.32 Å². The van der Waals surface area contributed by atoms with Crippen molar-refractivity contribution >= 4 is 17.3 Å². The third kappa shape index (κ3) is 3.35. The SMILES string of the molecule is Cc1cc([C@H]2[C@@H](c3ccccn3)NC(=S)N2CCCO)c(C)n1C(C)C. The van der Waals surface area contributed by atoms with Gasteiger partial charge in [0.15, 0.2) is 5.11 Å². The summed E-state index contributed by atoms with van der Waals surface area (Å²) in [6, 6.07) is 8.75. The first-order valence-electron chi connectivity index (χ1n) is 9.23. The van der Waals surface area contributed by atoms with Gasteiger partial charge in [0.1, 0.15) is 0 Å². The highest BCUT2D eigenvalue weighted by Gasteiger charge is 2.41. The Labute approximate surface area is 161 Å². The normalized spacial score (nSPS) is 20.1. The second kappa shape index (κ2) is 7.76. The monoisotopic (exact) mass is 372 g/mol. The molecule has 0 bridgehead atoms. The lowest BCUT2D eigenvalue weighted by Crippen LogP contribution is -2.31. The summed E-state index contributed by atoms with van der Waals surface area (Å²) in [5, 5.41) is 13.5. The first kappa shape index (κ1) is 18.9. The van der Waals surface area contributed by atoms with Crippen molar-refractivity contribution in [1.29, 1.82) is 0 Å². The summed E-state index contributed by atoms with van der Waals surface area (Å²) >= 11 is 5.64. The topological polar surface area (TPSA) is 53.3 Å². The molecule has 2 aromatic rings. The van der Waals surface area contributed by atoms with Gasteiger partial charge < -0.3 is 19.9 Å². The van der Waals surface area contributed by atoms with Gasteiger partial charge in [-0.15, -0.1) is 0 Å². The van der Waals surface area contributed by atoms with Gasteiger partial charge in [0.2, 0.25) is 0 Å². The van der Waals surface area contributed by atoms with E-state index < -0.39 is 0 Å². The number of hydrogen-bond donors (Lipinski definition) is 2. The van der Waals surface area contributed by atoms with E-state index in [0.29, 0.717) is 12.5 Å². The van der Waals surface area contributed by atoms with Gasteiger partial charge in [-0.2, -0.15) is 0 Å². The van der Waals surface area contributed by atoms with Crippen LogP contribution >= 0.6 is 12.2 Å². The van der Waals surface area contributed by atoms with Crippen LogP contribution in [-0.2, 0) is 0 Å². The second-order valence-electron chi connectivity index (χ2n) is 7.19. The van der Waals surface area contributed by atoms with E-state index in [1.165, 1.54) is 17.0 Å². The minimum Gasteiger partial charge on any atom is -0.396 e. The van der Waals surface area contributed by atoms with Gasteiger partial charge in [-0.3, -0.25) is 4.98 Å². The lowest BCUT2D eigenvalue weighted by Gasteiger charge is -2.28. The summed E-state index contributed by atoms with van der Waals surface area (Å²) in [7, 11) is 0. The summed E-state index contributed by atoms with van der Waals surface area (Å²) in [4.78, 5) is 6.78. The van der Waals surface area contributed by atoms with E-state index in [1.807, 2.05) is 24.4 Å². The van der Waals surface area contributed by atoms with Crippen molar-refractivity contribution in [1.82, 2.24) is 19.8 Å². The van der Waals surface area contributed by atoms with Crippen molar-refractivity contribution in [3.05, 3.63) is 53.1 Å². The van der Waals surface area contributed by atoms with E-state index in [9.17, 15) is 5.11 Å². The van der Waals surface area contributed by atoms with Gasteiger partial charge in [0, 0.05) is 36.8 Å². The molecule has 3 rings (SSSR count). The molecule has 1 fully saturated rings. The van der Waals surface area contributed by atoms with Gasteiger partial charge in [-0.1, -0.05) is 6.07 Å². The molecule has 1 aliphatic rings. The van der Waals surface area contributed by atoms with Crippen molar-refractivity contribution in [2.24, 2.45) is 0 Å². The number of nitrogens with one attached hydrogen (secondary N) is 1. The molecule has 0 saturated carbocycles. The molecule has 2 aromatic heterocycles. The highest BCUT2D eigenvalue weighted by molar-refractivity contribution is 7.80. The molecule has 0 amide bonds. The van der Waals surface area contributed by atoms with Gasteiger partial charge in [0.05, 0.1) is 17.8 Å². The molecule has 2 N–H and O–H groups in total. The molecule has 0 spiro atoms. The van der Waals surface area contributed by atoms with Crippen LogP contribution in [0.25, 0.3) is 0 Å². The number of aliphatic hydroxyl groups excluding tert-OH is 1. The molecule has 3 heterocycles. The largest absolute Gasteiger partial charge is 0.396 e. The summed E-state index contributed by atoms with van der Waals surface area (Å²) in [6.07, 6.45) is 2.51. The molecule has 0 aliphatic carbocycles. The molecular formula is C20H28N4OS. The maximum absolute atomic E-state index is 9.32. The predicted molar refractivity (Wildman–Crippen MR) is 108 cm³/mol. The Morgan fingerprint density at radius 2 is 2.08 bits per heavy atom. The molecule has 1 saturated heterocycles. The maximum atomic E-state index is 9.32. The average molecular weight is 373 g/mol. The third-order valence-electron chi connectivity index (χ3n) is 5.11. The Balaban J connectivity index is 2.08. The van der Waals surface area contributed by atoms with Crippen molar-refractivity contribution in [2.45, 2.75) is 52.2 Å². The van der Waals surface area contributed by atoms with Crippen LogP contribution in [0, 0.1) is 13.8 Å². The second-order valence-corrected chi connectivity index (χ2v) is 7.57. The third-order valence-corrected chi connectivity index (χ3v) is 5.47. The molecule has 0 radical (unpaired) electrons. The van der Waals surface area contributed by atoms with E-state index in [2.05, 4.69) is 53.5 Å². The molecule has 6 heteroatoms. The summed E-state index contributed by atoms with van der Waals surface area (Å²) in [5.41, 5.74) is 4.79. The Kier molecular flexibility index (Phi) is 5.63. The molecule has 140 valence electrons. The van der Waals surface area contributed by atoms with Crippen LogP contribution in [0.2, 0.25) is 0 Å². The predicted octanol–water partition coefficient (Wildman–Crippen LogP) is 3.44. The molecule has 5 nitrogen and oxygen atoms in total. The molecule has 26 heavy (non-hydrogen) atoms. The Bertz CT molecular complexity index is 772. The molecular weight excluding hydrogens is 344 g/mol. The maximum Gasteiger partial charge on any atom is 0.170 e. The van der Waals surface area contributed by atoms with Crippen LogP contribution in [-0.4, -0.2) is 37.8 Å². The zero-order valence-electron chi connectivity index (χ0n) is 15.9. The number of pyridine rings is 1. The average Bonchev–Trinajstić information content (AvgIpc) is 3.09. The fourth-order valence-corrected chi connectivity index (χ4v) is 4.45. The van der Waals surface area contributed by atoms with Gasteiger partial charge in [0.25, 0.3) is 0 Å². The van der Waals surface area contributed by atoms with E-state index in [1.54, 1.807) is 0 Å². The van der Waals surface area contributed by atoms with Crippen LogP contribution in [0.5, 0.6) is 0 Å². The molecule has 0 unspecified atom stereocenters. The number of aromatic nitrogens is 2. The lowest BCUT2D eigenvalue weighted by molar-refractivity contribution is 0.247. The number of aryl methyl sites for hydroxylation is 1. The van der Waals surface area contributed by atoms with Gasteiger partial charge in [-0.25, -0.2) is 0 Å². The summed E-state index contributed by atoms with van der Waals surface area (Å²) < 4.78 is 2.37. The summed E-state index contributed by atoms with van der Waals surface area (Å²) in [6.45, 7) is 9.64. The van der Waals surface area contributed by atoms with Crippen molar-refractivity contribution in [3.63, 3.8) is 0 Å². The molecule has 1 aliphatic heterocycles. The quantitative estimate of drug-likeness (QED) is 0.761. The number of rotatable bonds is 6. The smallest absolute Gasteiger partial charge is 0.170 e. The summed E-state index contributed by atoms with van der Waals surface area (Å²) in [5.74, 6) is 0. The number of thiocarbonyl (C=S) groups is 1. The van der Waals surface area contributed by atoms with E-state index in [0.717, 1.165) is 17.4 Å². The molecule has 2 atom stereocenters. The zero-order chi connectivity index (χ0) is 18.8. The van der Waals surface area contributed by atoms with Gasteiger partial charge >= 0.3 is 0 Å². The highest BCUT2D eigenvalue weighted by Crippen LogP contribution is 2.41. The van der Waals surface area contributed by atoms with Crippen molar-refractivity contribution in [3.8, 4) is 0 Å². The standard InChI is InChI=1S/C20H28N4OS/c1-13(2)24-14(3)12-16(15(24)4)19-18(17-8-5-6-9-21-17)22-20(26)23(19)10-7-11-25/h5-6,8-9,12-13,18-19,25H,7,10-11H2,1-4H3,(H,22,26)/t18-,19+/m1/s1. The fourth-order valence-electron chi connectivity index (χ4n) is 4.12. The Hall–Kier alpha value is -1.92. The Morgan fingerprint density at radius 3 is 2.65 bits per heavy atom. The number of hydrogen-bond acceptors (Lipinski definition) is 3.